The van der Waals surface area contributed by atoms with Gasteiger partial charge in [0.25, 0.3) is 0 Å². The van der Waals surface area contributed by atoms with E-state index < -0.39 is 0 Å². The van der Waals surface area contributed by atoms with Crippen LogP contribution in [-0.2, 0) is 13.0 Å². The van der Waals surface area contributed by atoms with Crippen molar-refractivity contribution in [2.24, 2.45) is 0 Å². The zero-order valence-electron chi connectivity index (χ0n) is 10.9. The molecule has 1 unspecified atom stereocenters. The van der Waals surface area contributed by atoms with Gasteiger partial charge in [-0.15, -0.1) is 11.8 Å². The van der Waals surface area contributed by atoms with Crippen LogP contribution in [-0.4, -0.2) is 11.8 Å². The summed E-state index contributed by atoms with van der Waals surface area (Å²) in [6.45, 7) is 1.62. The van der Waals surface area contributed by atoms with E-state index in [0.29, 0.717) is 11.8 Å². The minimum absolute atomic E-state index is 0.187. The van der Waals surface area contributed by atoms with Crippen molar-refractivity contribution in [2.45, 2.75) is 23.1 Å². The average molecular weight is 352 g/mol. The molecule has 0 fully saturated rings. The highest BCUT2D eigenvalue weighted by Gasteiger charge is 2.21. The Kier molecular flexibility index (Phi) is 4.44. The van der Waals surface area contributed by atoms with Gasteiger partial charge in [0.05, 0.1) is 0 Å². The van der Waals surface area contributed by atoms with Gasteiger partial charge >= 0.3 is 0 Å². The summed E-state index contributed by atoms with van der Waals surface area (Å²) >= 11 is 5.39. The summed E-state index contributed by atoms with van der Waals surface area (Å²) < 4.78 is 14.2. The molecule has 4 heteroatoms. The van der Waals surface area contributed by atoms with Gasteiger partial charge in [0.1, 0.15) is 5.82 Å². The molecule has 20 heavy (non-hydrogen) atoms. The van der Waals surface area contributed by atoms with Crippen molar-refractivity contribution < 1.29 is 4.39 Å². The monoisotopic (exact) mass is 351 g/mol. The molecule has 0 amide bonds. The molecule has 0 spiro atoms. The molecule has 0 saturated carbocycles. The van der Waals surface area contributed by atoms with Crippen molar-refractivity contribution in [1.29, 1.82) is 0 Å². The minimum atomic E-state index is -0.187. The van der Waals surface area contributed by atoms with Gasteiger partial charge in [-0.2, -0.15) is 0 Å². The molecule has 1 nitrogen and oxygen atoms in total. The second-order valence-corrected chi connectivity index (χ2v) is 7.11. The van der Waals surface area contributed by atoms with E-state index in [1.54, 1.807) is 12.1 Å². The standard InChI is InChI=1S/C16H15BrFNS/c17-15-6-5-13(18)7-12(15)9-19-10-14-8-11-3-1-2-4-16(11)20-14/h1-7,14,19H,8-10H2. The Hall–Kier alpha value is -0.840. The molecule has 0 saturated heterocycles. The second kappa shape index (κ2) is 6.29. The third-order valence-corrected chi connectivity index (χ3v) is 5.50. The van der Waals surface area contributed by atoms with E-state index in [0.717, 1.165) is 23.0 Å². The summed E-state index contributed by atoms with van der Waals surface area (Å²) in [5.74, 6) is -0.187. The van der Waals surface area contributed by atoms with Gasteiger partial charge in [-0.3, -0.25) is 0 Å². The molecular formula is C16H15BrFNS. The van der Waals surface area contributed by atoms with Crippen LogP contribution in [0, 0.1) is 5.82 Å². The highest BCUT2D eigenvalue weighted by molar-refractivity contribution is 9.10. The lowest BCUT2D eigenvalue weighted by molar-refractivity contribution is 0.617. The molecule has 0 aromatic heterocycles. The highest BCUT2D eigenvalue weighted by atomic mass is 79.9. The van der Waals surface area contributed by atoms with Gasteiger partial charge in [-0.25, -0.2) is 4.39 Å². The summed E-state index contributed by atoms with van der Waals surface area (Å²) in [7, 11) is 0. The molecule has 1 aliphatic heterocycles. The van der Waals surface area contributed by atoms with E-state index in [4.69, 9.17) is 0 Å². The topological polar surface area (TPSA) is 12.0 Å². The maximum absolute atomic E-state index is 13.2. The van der Waals surface area contributed by atoms with Crippen molar-refractivity contribution in [3.63, 3.8) is 0 Å². The summed E-state index contributed by atoms with van der Waals surface area (Å²) in [6, 6.07) is 13.4. The predicted molar refractivity (Wildman–Crippen MR) is 85.6 cm³/mol. The molecule has 0 bridgehead atoms. The van der Waals surface area contributed by atoms with Gasteiger partial charge in [0.15, 0.2) is 0 Å². The lowest BCUT2D eigenvalue weighted by atomic mass is 10.1. The Morgan fingerprint density at radius 2 is 2.10 bits per heavy atom. The molecule has 0 radical (unpaired) electrons. The summed E-state index contributed by atoms with van der Waals surface area (Å²) in [4.78, 5) is 1.39. The molecule has 1 N–H and O–H groups in total. The first-order valence-electron chi connectivity index (χ1n) is 6.61. The van der Waals surface area contributed by atoms with Crippen LogP contribution in [0.5, 0.6) is 0 Å². The Labute approximate surface area is 131 Å². The summed E-state index contributed by atoms with van der Waals surface area (Å²) in [5.41, 5.74) is 2.40. The molecule has 104 valence electrons. The summed E-state index contributed by atoms with van der Waals surface area (Å²) in [5, 5.41) is 4.00. The number of fused-ring (bicyclic) bond motifs is 1. The molecule has 0 aliphatic carbocycles. The normalized spacial score (nSPS) is 17.2. The number of thioether (sulfide) groups is 1. The quantitative estimate of drug-likeness (QED) is 0.876. The lowest BCUT2D eigenvalue weighted by Gasteiger charge is -2.11. The number of benzene rings is 2. The Bertz CT molecular complexity index is 592. The highest BCUT2D eigenvalue weighted by Crippen LogP contribution is 2.36. The van der Waals surface area contributed by atoms with Crippen LogP contribution in [0.25, 0.3) is 0 Å². The number of nitrogens with one attached hydrogen (secondary N) is 1. The van der Waals surface area contributed by atoms with E-state index in [1.165, 1.54) is 16.5 Å². The van der Waals surface area contributed by atoms with Crippen LogP contribution in [0.1, 0.15) is 11.1 Å². The van der Waals surface area contributed by atoms with Crippen molar-refractivity contribution in [3.8, 4) is 0 Å². The number of rotatable bonds is 4. The van der Waals surface area contributed by atoms with Crippen molar-refractivity contribution in [3.05, 3.63) is 63.9 Å². The van der Waals surface area contributed by atoms with Gasteiger partial charge < -0.3 is 5.32 Å². The first kappa shape index (κ1) is 14.1. The number of hydrogen-bond donors (Lipinski definition) is 1. The van der Waals surface area contributed by atoms with E-state index in [-0.39, 0.29) is 5.82 Å². The van der Waals surface area contributed by atoms with Crippen molar-refractivity contribution in [2.75, 3.05) is 6.54 Å². The van der Waals surface area contributed by atoms with Crippen molar-refractivity contribution >= 4 is 27.7 Å². The summed E-state index contributed by atoms with van der Waals surface area (Å²) in [6.07, 6.45) is 1.11. The van der Waals surface area contributed by atoms with Crippen LogP contribution in [0.3, 0.4) is 0 Å². The van der Waals surface area contributed by atoms with Gasteiger partial charge in [0, 0.05) is 27.7 Å². The van der Waals surface area contributed by atoms with Crippen LogP contribution >= 0.6 is 27.7 Å². The van der Waals surface area contributed by atoms with E-state index in [1.807, 2.05) is 11.8 Å². The fourth-order valence-electron chi connectivity index (χ4n) is 2.41. The average Bonchev–Trinajstić information content (AvgIpc) is 2.85. The third-order valence-electron chi connectivity index (χ3n) is 3.41. The molecule has 2 aromatic carbocycles. The zero-order valence-corrected chi connectivity index (χ0v) is 13.3. The fourth-order valence-corrected chi connectivity index (χ4v) is 4.08. The minimum Gasteiger partial charge on any atom is -0.312 e. The molecule has 1 aliphatic rings. The maximum atomic E-state index is 13.2. The maximum Gasteiger partial charge on any atom is 0.123 e. The van der Waals surface area contributed by atoms with E-state index >= 15 is 0 Å². The molecule has 2 aromatic rings. The van der Waals surface area contributed by atoms with Crippen LogP contribution in [0.4, 0.5) is 4.39 Å². The van der Waals surface area contributed by atoms with Crippen LogP contribution in [0.15, 0.2) is 51.8 Å². The molecule has 1 atom stereocenters. The molecular weight excluding hydrogens is 337 g/mol. The van der Waals surface area contributed by atoms with E-state index in [9.17, 15) is 4.39 Å². The van der Waals surface area contributed by atoms with Crippen molar-refractivity contribution in [1.82, 2.24) is 5.32 Å². The van der Waals surface area contributed by atoms with Gasteiger partial charge in [0.2, 0.25) is 0 Å². The Balaban J connectivity index is 1.53. The second-order valence-electron chi connectivity index (χ2n) is 4.92. The predicted octanol–water partition coefficient (Wildman–Crippen LogP) is 4.39. The van der Waals surface area contributed by atoms with Gasteiger partial charge in [-0.05, 0) is 41.8 Å². The van der Waals surface area contributed by atoms with Crippen LogP contribution < -0.4 is 5.32 Å². The number of halogens is 2. The molecule has 1 heterocycles. The fraction of sp³-hybridized carbons (Fsp3) is 0.250. The number of hydrogen-bond acceptors (Lipinski definition) is 2. The van der Waals surface area contributed by atoms with E-state index in [2.05, 4.69) is 45.5 Å². The zero-order chi connectivity index (χ0) is 13.9. The largest absolute Gasteiger partial charge is 0.312 e. The SMILES string of the molecule is Fc1ccc(Br)c(CNCC2Cc3ccccc3S2)c1. The molecule has 3 rings (SSSR count). The smallest absolute Gasteiger partial charge is 0.123 e. The first-order valence-corrected chi connectivity index (χ1v) is 8.29. The van der Waals surface area contributed by atoms with Gasteiger partial charge in [-0.1, -0.05) is 34.1 Å². The first-order chi connectivity index (χ1) is 9.72. The Morgan fingerprint density at radius 3 is 2.95 bits per heavy atom. The Morgan fingerprint density at radius 1 is 1.25 bits per heavy atom. The van der Waals surface area contributed by atoms with Crippen LogP contribution in [0.2, 0.25) is 0 Å². The third kappa shape index (κ3) is 3.25. The lowest BCUT2D eigenvalue weighted by Crippen LogP contribution is -2.24.